The molecule has 1 aromatic carbocycles. The molecular formula is C16H26N2. The van der Waals surface area contributed by atoms with E-state index in [1.54, 1.807) is 0 Å². The molecule has 1 fully saturated rings. The van der Waals surface area contributed by atoms with Crippen molar-refractivity contribution in [1.29, 1.82) is 0 Å². The van der Waals surface area contributed by atoms with E-state index in [2.05, 4.69) is 36.1 Å². The second-order valence-corrected chi connectivity index (χ2v) is 5.53. The van der Waals surface area contributed by atoms with Crippen molar-refractivity contribution in [2.75, 3.05) is 24.5 Å². The van der Waals surface area contributed by atoms with Crippen LogP contribution >= 0.6 is 0 Å². The molecule has 0 bridgehead atoms. The number of benzene rings is 1. The molecule has 1 aromatic rings. The van der Waals surface area contributed by atoms with Crippen molar-refractivity contribution >= 4 is 5.69 Å². The zero-order valence-electron chi connectivity index (χ0n) is 11.6. The molecule has 0 heterocycles. The molecule has 0 amide bonds. The Morgan fingerprint density at radius 2 is 1.94 bits per heavy atom. The van der Waals surface area contributed by atoms with Crippen LogP contribution in [-0.4, -0.2) is 19.6 Å². The van der Waals surface area contributed by atoms with Gasteiger partial charge in [-0.25, -0.2) is 0 Å². The highest BCUT2D eigenvalue weighted by Crippen LogP contribution is 2.28. The third-order valence-corrected chi connectivity index (χ3v) is 4.04. The second-order valence-electron chi connectivity index (χ2n) is 5.53. The Hall–Kier alpha value is -1.02. The minimum Gasteiger partial charge on any atom is -0.371 e. The van der Waals surface area contributed by atoms with Gasteiger partial charge in [0.1, 0.15) is 0 Å². The first kappa shape index (κ1) is 13.4. The molecule has 0 aliphatic heterocycles. The van der Waals surface area contributed by atoms with Crippen LogP contribution in [0.5, 0.6) is 0 Å². The summed E-state index contributed by atoms with van der Waals surface area (Å²) in [7, 11) is 0. The first-order chi connectivity index (χ1) is 8.81. The predicted octanol–water partition coefficient (Wildman–Crippen LogP) is 3.34. The van der Waals surface area contributed by atoms with Crippen LogP contribution in [0.3, 0.4) is 0 Å². The van der Waals surface area contributed by atoms with Crippen LogP contribution in [0, 0.1) is 12.8 Å². The highest BCUT2D eigenvalue weighted by atomic mass is 15.1. The number of hydrogen-bond acceptors (Lipinski definition) is 2. The monoisotopic (exact) mass is 246 g/mol. The maximum atomic E-state index is 5.67. The van der Waals surface area contributed by atoms with Gasteiger partial charge in [0.15, 0.2) is 0 Å². The normalized spacial score (nSPS) is 16.1. The number of para-hydroxylation sites is 1. The number of nitrogens with zero attached hydrogens (tertiary/aromatic N) is 1. The first-order valence-corrected chi connectivity index (χ1v) is 7.32. The van der Waals surface area contributed by atoms with Crippen molar-refractivity contribution in [2.45, 2.75) is 39.0 Å². The third kappa shape index (κ3) is 3.49. The highest BCUT2D eigenvalue weighted by Gasteiger charge is 2.19. The van der Waals surface area contributed by atoms with Crippen LogP contribution in [-0.2, 0) is 0 Å². The number of aryl methyl sites for hydroxylation is 1. The quantitative estimate of drug-likeness (QED) is 0.834. The van der Waals surface area contributed by atoms with E-state index in [9.17, 15) is 0 Å². The molecule has 2 N–H and O–H groups in total. The van der Waals surface area contributed by atoms with Crippen molar-refractivity contribution in [1.82, 2.24) is 0 Å². The molecule has 0 aromatic heterocycles. The Bertz CT molecular complexity index is 356. The van der Waals surface area contributed by atoms with Crippen LogP contribution < -0.4 is 10.6 Å². The van der Waals surface area contributed by atoms with Crippen LogP contribution in [0.15, 0.2) is 24.3 Å². The summed E-state index contributed by atoms with van der Waals surface area (Å²) < 4.78 is 0. The van der Waals surface area contributed by atoms with Crippen LogP contribution in [0.25, 0.3) is 0 Å². The predicted molar refractivity (Wildman–Crippen MR) is 79.0 cm³/mol. The Morgan fingerprint density at radius 1 is 1.22 bits per heavy atom. The fraction of sp³-hybridized carbons (Fsp3) is 0.625. The summed E-state index contributed by atoms with van der Waals surface area (Å²) in [6.07, 6.45) is 6.74. The maximum Gasteiger partial charge on any atom is 0.0396 e. The molecule has 0 unspecified atom stereocenters. The summed E-state index contributed by atoms with van der Waals surface area (Å²) >= 11 is 0. The van der Waals surface area contributed by atoms with E-state index in [0.717, 1.165) is 25.4 Å². The van der Waals surface area contributed by atoms with Gasteiger partial charge in [0, 0.05) is 18.8 Å². The number of nitrogens with two attached hydrogens (primary N) is 1. The van der Waals surface area contributed by atoms with E-state index in [1.165, 1.54) is 43.5 Å². The summed E-state index contributed by atoms with van der Waals surface area (Å²) in [6, 6.07) is 8.72. The topological polar surface area (TPSA) is 29.3 Å². The molecule has 0 saturated heterocycles. The van der Waals surface area contributed by atoms with Gasteiger partial charge in [-0.05, 0) is 50.3 Å². The Labute approximate surface area is 111 Å². The summed E-state index contributed by atoms with van der Waals surface area (Å²) in [5.74, 6) is 0.891. The highest BCUT2D eigenvalue weighted by molar-refractivity contribution is 5.53. The smallest absolute Gasteiger partial charge is 0.0396 e. The van der Waals surface area contributed by atoms with Crippen molar-refractivity contribution in [3.63, 3.8) is 0 Å². The molecule has 2 heteroatoms. The van der Waals surface area contributed by atoms with Gasteiger partial charge in [0.2, 0.25) is 0 Å². The summed E-state index contributed by atoms with van der Waals surface area (Å²) in [6.45, 7) is 5.30. The zero-order valence-corrected chi connectivity index (χ0v) is 11.6. The van der Waals surface area contributed by atoms with Gasteiger partial charge >= 0.3 is 0 Å². The molecule has 2 rings (SSSR count). The van der Waals surface area contributed by atoms with Gasteiger partial charge < -0.3 is 10.6 Å². The van der Waals surface area contributed by atoms with Crippen molar-refractivity contribution in [3.05, 3.63) is 29.8 Å². The minimum absolute atomic E-state index is 0.785. The van der Waals surface area contributed by atoms with Gasteiger partial charge in [0.05, 0.1) is 0 Å². The molecule has 1 aliphatic rings. The van der Waals surface area contributed by atoms with Crippen LogP contribution in [0.2, 0.25) is 0 Å². The molecule has 2 nitrogen and oxygen atoms in total. The fourth-order valence-electron chi connectivity index (χ4n) is 3.02. The summed E-state index contributed by atoms with van der Waals surface area (Å²) in [4.78, 5) is 2.55. The fourth-order valence-corrected chi connectivity index (χ4v) is 3.02. The number of rotatable bonds is 6. The van der Waals surface area contributed by atoms with E-state index in [-0.39, 0.29) is 0 Å². The Kier molecular flexibility index (Phi) is 5.06. The van der Waals surface area contributed by atoms with Gasteiger partial charge in [-0.2, -0.15) is 0 Å². The first-order valence-electron chi connectivity index (χ1n) is 7.32. The lowest BCUT2D eigenvalue weighted by molar-refractivity contribution is 0.527. The van der Waals surface area contributed by atoms with Crippen molar-refractivity contribution < 1.29 is 0 Å². The number of hydrogen-bond donors (Lipinski definition) is 1. The molecule has 18 heavy (non-hydrogen) atoms. The molecular weight excluding hydrogens is 220 g/mol. The molecule has 100 valence electrons. The average Bonchev–Trinajstić information content (AvgIpc) is 2.88. The van der Waals surface area contributed by atoms with Crippen molar-refractivity contribution in [2.24, 2.45) is 11.7 Å². The van der Waals surface area contributed by atoms with Crippen molar-refractivity contribution in [3.8, 4) is 0 Å². The van der Waals surface area contributed by atoms with Crippen LogP contribution in [0.4, 0.5) is 5.69 Å². The largest absolute Gasteiger partial charge is 0.371 e. The lowest BCUT2D eigenvalue weighted by atomic mass is 10.1. The maximum absolute atomic E-state index is 5.67. The molecule has 1 saturated carbocycles. The van der Waals surface area contributed by atoms with E-state index < -0.39 is 0 Å². The average molecular weight is 246 g/mol. The minimum atomic E-state index is 0.785. The van der Waals surface area contributed by atoms with Gasteiger partial charge in [-0.1, -0.05) is 31.0 Å². The molecule has 0 atom stereocenters. The lowest BCUT2D eigenvalue weighted by Gasteiger charge is -2.29. The van der Waals surface area contributed by atoms with E-state index in [1.807, 2.05) is 0 Å². The van der Waals surface area contributed by atoms with E-state index >= 15 is 0 Å². The van der Waals surface area contributed by atoms with E-state index in [4.69, 9.17) is 5.73 Å². The van der Waals surface area contributed by atoms with Gasteiger partial charge in [-0.3, -0.25) is 0 Å². The zero-order chi connectivity index (χ0) is 12.8. The summed E-state index contributed by atoms with van der Waals surface area (Å²) in [5.41, 5.74) is 8.46. The molecule has 1 aliphatic carbocycles. The Balaban J connectivity index is 2.06. The number of anilines is 1. The lowest BCUT2D eigenvalue weighted by Crippen LogP contribution is -2.31. The van der Waals surface area contributed by atoms with E-state index in [0.29, 0.717) is 0 Å². The summed E-state index contributed by atoms with van der Waals surface area (Å²) in [5, 5.41) is 0. The van der Waals surface area contributed by atoms with Crippen LogP contribution in [0.1, 0.15) is 37.7 Å². The molecule has 0 spiro atoms. The van der Waals surface area contributed by atoms with Gasteiger partial charge in [0.25, 0.3) is 0 Å². The van der Waals surface area contributed by atoms with Gasteiger partial charge in [-0.15, -0.1) is 0 Å². The standard InChI is InChI=1S/C16H26N2/c1-14-7-2-5-10-16(14)18(12-6-11-17)13-15-8-3-4-9-15/h2,5,7,10,15H,3-4,6,8-9,11-13,17H2,1H3. The Morgan fingerprint density at radius 3 is 2.61 bits per heavy atom. The molecule has 0 radical (unpaired) electrons. The third-order valence-electron chi connectivity index (χ3n) is 4.04. The second kappa shape index (κ2) is 6.79. The SMILES string of the molecule is Cc1ccccc1N(CCCN)CC1CCCC1.